The van der Waals surface area contributed by atoms with Crippen LogP contribution in [0.5, 0.6) is 0 Å². The first kappa shape index (κ1) is 8.17. The van der Waals surface area contributed by atoms with Crippen molar-refractivity contribution in [3.8, 4) is 0 Å². The van der Waals surface area contributed by atoms with Gasteiger partial charge in [0.05, 0.1) is 6.61 Å². The molecule has 0 saturated heterocycles. The lowest BCUT2D eigenvalue weighted by Crippen LogP contribution is -2.02. The number of anilines is 1. The second-order valence-corrected chi connectivity index (χ2v) is 2.70. The maximum Gasteiger partial charge on any atom is 0.0788 e. The normalized spacial score (nSPS) is 9.55. The average Bonchev–Trinajstić information content (AvgIpc) is 2.03. The maximum absolute atomic E-state index is 8.70. The maximum atomic E-state index is 8.70. The molecule has 0 heterocycles. The van der Waals surface area contributed by atoms with E-state index < -0.39 is 0 Å². The summed E-state index contributed by atoms with van der Waals surface area (Å²) in [5, 5.41) is 8.70. The number of aliphatic hydroxyl groups excluding tert-OH is 1. The first-order valence-electron chi connectivity index (χ1n) is 3.23. The van der Waals surface area contributed by atoms with Crippen LogP contribution in [0.3, 0.4) is 0 Å². The van der Waals surface area contributed by atoms with Crippen molar-refractivity contribution >= 4 is 22.8 Å². The zero-order chi connectivity index (χ0) is 8.27. The first-order chi connectivity index (χ1) is 5.24. The lowest BCUT2D eigenvalue weighted by molar-refractivity contribution is 0.360. The van der Waals surface area contributed by atoms with Gasteiger partial charge < -0.3 is 10.8 Å². The predicted octanol–water partition coefficient (Wildman–Crippen LogP) is 0.979. The fourth-order valence-corrected chi connectivity index (χ4v) is 0.930. The molecule has 0 radical (unpaired) electrons. The van der Waals surface area contributed by atoms with Gasteiger partial charge >= 0.3 is 0 Å². The molecule has 1 aromatic carbocycles. The Morgan fingerprint density at radius 3 is 2.82 bits per heavy atom. The molecule has 0 aliphatic heterocycles. The molecule has 1 rings (SSSR count). The standard InChI is InChI=1S/C8H9NOS/c9-7-3-1-2-6(4-7)8(11)5-10/h1-4,10H,5,9H2. The highest BCUT2D eigenvalue weighted by molar-refractivity contribution is 7.80. The summed E-state index contributed by atoms with van der Waals surface area (Å²) in [4.78, 5) is 0.525. The van der Waals surface area contributed by atoms with Crippen molar-refractivity contribution in [2.75, 3.05) is 12.3 Å². The number of hydrogen-bond acceptors (Lipinski definition) is 3. The van der Waals surface area contributed by atoms with Gasteiger partial charge in [0.15, 0.2) is 0 Å². The highest BCUT2D eigenvalue weighted by Gasteiger charge is 1.97. The van der Waals surface area contributed by atoms with E-state index in [4.69, 9.17) is 23.1 Å². The summed E-state index contributed by atoms with van der Waals surface area (Å²) in [5.74, 6) is 0. The van der Waals surface area contributed by atoms with Crippen molar-refractivity contribution < 1.29 is 5.11 Å². The molecule has 0 aliphatic rings. The summed E-state index contributed by atoms with van der Waals surface area (Å²) >= 11 is 4.88. The molecule has 0 unspecified atom stereocenters. The quantitative estimate of drug-likeness (QED) is 0.392. The monoisotopic (exact) mass is 167 g/mol. The zero-order valence-corrected chi connectivity index (χ0v) is 6.77. The van der Waals surface area contributed by atoms with Crippen LogP contribution in [0.4, 0.5) is 5.69 Å². The van der Waals surface area contributed by atoms with Crippen LogP contribution >= 0.6 is 12.2 Å². The van der Waals surface area contributed by atoms with E-state index in [1.54, 1.807) is 12.1 Å². The summed E-state index contributed by atoms with van der Waals surface area (Å²) in [7, 11) is 0. The number of aliphatic hydroxyl groups is 1. The van der Waals surface area contributed by atoms with Crippen LogP contribution in [-0.2, 0) is 0 Å². The molecule has 0 saturated carbocycles. The summed E-state index contributed by atoms with van der Waals surface area (Å²) in [6, 6.07) is 7.17. The third-order valence-corrected chi connectivity index (χ3v) is 1.72. The molecule has 3 heteroatoms. The topological polar surface area (TPSA) is 46.2 Å². The molecule has 0 bridgehead atoms. The molecule has 0 amide bonds. The van der Waals surface area contributed by atoms with E-state index in [1.807, 2.05) is 12.1 Å². The third-order valence-electron chi connectivity index (χ3n) is 1.35. The largest absolute Gasteiger partial charge is 0.399 e. The number of nitrogen functional groups attached to an aromatic ring is 1. The number of benzene rings is 1. The van der Waals surface area contributed by atoms with E-state index in [9.17, 15) is 0 Å². The van der Waals surface area contributed by atoms with Gasteiger partial charge in [0, 0.05) is 10.6 Å². The Bertz CT molecular complexity index is 273. The summed E-state index contributed by atoms with van der Waals surface area (Å²) < 4.78 is 0. The molecule has 0 aliphatic carbocycles. The molecule has 0 spiro atoms. The van der Waals surface area contributed by atoms with Crippen LogP contribution < -0.4 is 5.73 Å². The van der Waals surface area contributed by atoms with Crippen LogP contribution in [0, 0.1) is 0 Å². The van der Waals surface area contributed by atoms with Crippen LogP contribution in [0.2, 0.25) is 0 Å². The molecule has 0 aromatic heterocycles. The minimum Gasteiger partial charge on any atom is -0.399 e. The van der Waals surface area contributed by atoms with Gasteiger partial charge in [0.25, 0.3) is 0 Å². The van der Waals surface area contributed by atoms with Gasteiger partial charge in [-0.3, -0.25) is 0 Å². The minimum absolute atomic E-state index is 0.0984. The van der Waals surface area contributed by atoms with Gasteiger partial charge in [0.2, 0.25) is 0 Å². The van der Waals surface area contributed by atoms with Crippen molar-refractivity contribution in [1.82, 2.24) is 0 Å². The van der Waals surface area contributed by atoms with Gasteiger partial charge in [-0.2, -0.15) is 0 Å². The molecule has 0 atom stereocenters. The summed E-state index contributed by atoms with van der Waals surface area (Å²) in [6.45, 7) is -0.0984. The molecule has 1 aromatic rings. The second kappa shape index (κ2) is 3.46. The molecule has 3 N–H and O–H groups in total. The molecular formula is C8H9NOS. The number of thiocarbonyl (C=S) groups is 1. The van der Waals surface area contributed by atoms with E-state index >= 15 is 0 Å². The summed E-state index contributed by atoms with van der Waals surface area (Å²) in [5.41, 5.74) is 7.00. The van der Waals surface area contributed by atoms with Gasteiger partial charge in [-0.25, -0.2) is 0 Å². The highest BCUT2D eigenvalue weighted by atomic mass is 32.1. The Balaban J connectivity index is 2.96. The molecule has 0 fully saturated rings. The smallest absolute Gasteiger partial charge is 0.0788 e. The lowest BCUT2D eigenvalue weighted by Gasteiger charge is -1.99. The van der Waals surface area contributed by atoms with E-state index in [-0.39, 0.29) is 6.61 Å². The molecule has 58 valence electrons. The Kier molecular flexibility index (Phi) is 2.57. The van der Waals surface area contributed by atoms with E-state index in [0.717, 1.165) is 5.56 Å². The summed E-state index contributed by atoms with van der Waals surface area (Å²) in [6.07, 6.45) is 0. The fraction of sp³-hybridized carbons (Fsp3) is 0.125. The van der Waals surface area contributed by atoms with E-state index in [0.29, 0.717) is 10.6 Å². The number of nitrogens with two attached hydrogens (primary N) is 1. The Morgan fingerprint density at radius 2 is 2.27 bits per heavy atom. The Labute approximate surface area is 70.7 Å². The van der Waals surface area contributed by atoms with Gasteiger partial charge in [-0.1, -0.05) is 24.4 Å². The minimum atomic E-state index is -0.0984. The van der Waals surface area contributed by atoms with Crippen LogP contribution in [0.25, 0.3) is 0 Å². The van der Waals surface area contributed by atoms with E-state index in [1.165, 1.54) is 0 Å². The van der Waals surface area contributed by atoms with Crippen molar-refractivity contribution in [2.24, 2.45) is 0 Å². The molecular weight excluding hydrogens is 158 g/mol. The van der Waals surface area contributed by atoms with Crippen molar-refractivity contribution in [3.05, 3.63) is 29.8 Å². The van der Waals surface area contributed by atoms with Crippen molar-refractivity contribution in [2.45, 2.75) is 0 Å². The SMILES string of the molecule is Nc1cccc(C(=S)CO)c1. The van der Waals surface area contributed by atoms with Crippen molar-refractivity contribution in [1.29, 1.82) is 0 Å². The predicted molar refractivity (Wildman–Crippen MR) is 49.6 cm³/mol. The van der Waals surface area contributed by atoms with Crippen LogP contribution in [-0.4, -0.2) is 16.6 Å². The highest BCUT2D eigenvalue weighted by Crippen LogP contribution is 2.07. The molecule has 2 nitrogen and oxygen atoms in total. The first-order valence-corrected chi connectivity index (χ1v) is 3.64. The second-order valence-electron chi connectivity index (χ2n) is 2.21. The number of rotatable bonds is 2. The van der Waals surface area contributed by atoms with Gasteiger partial charge in [-0.15, -0.1) is 0 Å². The Hall–Kier alpha value is -0.930. The molecule has 11 heavy (non-hydrogen) atoms. The van der Waals surface area contributed by atoms with Crippen LogP contribution in [0.15, 0.2) is 24.3 Å². The van der Waals surface area contributed by atoms with Crippen molar-refractivity contribution in [3.63, 3.8) is 0 Å². The fourth-order valence-electron chi connectivity index (χ4n) is 0.803. The van der Waals surface area contributed by atoms with E-state index in [2.05, 4.69) is 0 Å². The van der Waals surface area contributed by atoms with Gasteiger partial charge in [-0.05, 0) is 17.7 Å². The average molecular weight is 167 g/mol. The van der Waals surface area contributed by atoms with Crippen LogP contribution in [0.1, 0.15) is 5.56 Å². The number of hydrogen-bond donors (Lipinski definition) is 2. The van der Waals surface area contributed by atoms with Gasteiger partial charge in [0.1, 0.15) is 0 Å². The third kappa shape index (κ3) is 2.00. The Morgan fingerprint density at radius 1 is 1.55 bits per heavy atom. The lowest BCUT2D eigenvalue weighted by atomic mass is 10.1. The zero-order valence-electron chi connectivity index (χ0n) is 5.95.